The summed E-state index contributed by atoms with van der Waals surface area (Å²) in [4.78, 5) is 15.7. The van der Waals surface area contributed by atoms with Crippen LogP contribution in [0, 0.1) is 0 Å². The Labute approximate surface area is 91.7 Å². The Morgan fingerprint density at radius 3 is 3.33 bits per heavy atom. The molecule has 0 saturated carbocycles. The second-order valence-electron chi connectivity index (χ2n) is 3.03. The zero-order valence-electron chi connectivity index (χ0n) is 8.30. The van der Waals surface area contributed by atoms with Gasteiger partial charge in [0.05, 0.1) is 12.9 Å². The highest BCUT2D eigenvalue weighted by Crippen LogP contribution is 2.24. The largest absolute Gasteiger partial charge is 0.472 e. The van der Waals surface area contributed by atoms with Crippen LogP contribution in [0.3, 0.4) is 0 Å². The highest BCUT2D eigenvalue weighted by Gasteiger charge is 2.26. The van der Waals surface area contributed by atoms with Crippen molar-refractivity contribution in [3.05, 3.63) is 24.2 Å². The molecule has 4 nitrogen and oxygen atoms in total. The lowest BCUT2D eigenvalue weighted by atomic mass is 10.3. The summed E-state index contributed by atoms with van der Waals surface area (Å²) in [6.45, 7) is 2.19. The number of carbonyl (C=O) groups is 1. The molecule has 2 rings (SSSR count). The summed E-state index contributed by atoms with van der Waals surface area (Å²) >= 11 is 1.55. The minimum atomic E-state index is -0.361. The lowest BCUT2D eigenvalue weighted by Gasteiger charge is -2.03. The maximum Gasteiger partial charge on any atom is 0.331 e. The third-order valence-corrected chi connectivity index (χ3v) is 3.07. The predicted octanol–water partition coefficient (Wildman–Crippen LogP) is 1.70. The van der Waals surface area contributed by atoms with Crippen LogP contribution < -0.4 is 0 Å². The van der Waals surface area contributed by atoms with Crippen LogP contribution in [0.2, 0.25) is 0 Å². The Morgan fingerprint density at radius 2 is 2.67 bits per heavy atom. The number of nitrogens with zero attached hydrogens (tertiary/aromatic N) is 1. The molecule has 80 valence electrons. The Morgan fingerprint density at radius 1 is 1.80 bits per heavy atom. The molecule has 0 saturated heterocycles. The van der Waals surface area contributed by atoms with Crippen molar-refractivity contribution in [3.8, 4) is 0 Å². The molecule has 15 heavy (non-hydrogen) atoms. The van der Waals surface area contributed by atoms with Gasteiger partial charge in [-0.25, -0.2) is 4.79 Å². The Kier molecular flexibility index (Phi) is 3.11. The van der Waals surface area contributed by atoms with Crippen LogP contribution in [0.25, 0.3) is 0 Å². The molecule has 1 aromatic rings. The third kappa shape index (κ3) is 2.23. The van der Waals surface area contributed by atoms with Gasteiger partial charge in [-0.2, -0.15) is 0 Å². The molecule has 0 amide bonds. The summed E-state index contributed by atoms with van der Waals surface area (Å²) in [5, 5.41) is 0.849. The fourth-order valence-corrected chi connectivity index (χ4v) is 2.29. The van der Waals surface area contributed by atoms with Crippen LogP contribution in [0.4, 0.5) is 0 Å². The van der Waals surface area contributed by atoms with Crippen LogP contribution in [0.5, 0.6) is 0 Å². The van der Waals surface area contributed by atoms with Gasteiger partial charge in [-0.05, 0) is 13.0 Å². The van der Waals surface area contributed by atoms with Gasteiger partial charge in [0.2, 0.25) is 0 Å². The maximum absolute atomic E-state index is 11.4. The maximum atomic E-state index is 11.4. The van der Waals surface area contributed by atoms with Gasteiger partial charge in [0.25, 0.3) is 0 Å². The molecule has 1 unspecified atom stereocenters. The normalized spacial score (nSPS) is 20.1. The van der Waals surface area contributed by atoms with E-state index in [0.717, 1.165) is 10.6 Å². The highest BCUT2D eigenvalue weighted by atomic mass is 32.2. The molecular formula is C10H11NO3S. The lowest BCUT2D eigenvalue weighted by Crippen LogP contribution is -2.21. The predicted molar refractivity (Wildman–Crippen MR) is 58.1 cm³/mol. The number of hydrogen-bond donors (Lipinski definition) is 0. The summed E-state index contributed by atoms with van der Waals surface area (Å²) in [6, 6.07) is 1.47. The first-order chi connectivity index (χ1) is 7.31. The van der Waals surface area contributed by atoms with Crippen LogP contribution >= 0.6 is 11.8 Å². The summed E-state index contributed by atoms with van der Waals surface area (Å²) in [6.07, 6.45) is 3.22. The van der Waals surface area contributed by atoms with Gasteiger partial charge in [0, 0.05) is 11.3 Å². The average molecular weight is 225 g/mol. The van der Waals surface area contributed by atoms with Gasteiger partial charge in [0.1, 0.15) is 11.3 Å². The molecule has 0 fully saturated rings. The van der Waals surface area contributed by atoms with Gasteiger partial charge in [-0.3, -0.25) is 4.99 Å². The number of rotatable bonds is 3. The van der Waals surface area contributed by atoms with E-state index in [0.29, 0.717) is 12.4 Å². The van der Waals surface area contributed by atoms with Crippen molar-refractivity contribution in [1.29, 1.82) is 0 Å². The molecule has 1 aliphatic rings. The minimum absolute atomic E-state index is 0.247. The first-order valence-electron chi connectivity index (χ1n) is 4.71. The van der Waals surface area contributed by atoms with Crippen LogP contribution in [-0.4, -0.2) is 29.4 Å². The van der Waals surface area contributed by atoms with E-state index >= 15 is 0 Å². The molecular weight excluding hydrogens is 214 g/mol. The van der Waals surface area contributed by atoms with E-state index in [1.54, 1.807) is 31.2 Å². The topological polar surface area (TPSA) is 51.8 Å². The summed E-state index contributed by atoms with van der Waals surface area (Å²) in [7, 11) is 0. The zero-order chi connectivity index (χ0) is 10.7. The summed E-state index contributed by atoms with van der Waals surface area (Å²) < 4.78 is 9.87. The molecule has 1 aromatic heterocycles. The monoisotopic (exact) mass is 225 g/mol. The van der Waals surface area contributed by atoms with E-state index in [9.17, 15) is 4.79 Å². The highest BCUT2D eigenvalue weighted by molar-refractivity contribution is 8.14. The van der Waals surface area contributed by atoms with E-state index in [4.69, 9.17) is 9.15 Å². The van der Waals surface area contributed by atoms with E-state index < -0.39 is 0 Å². The van der Waals surface area contributed by atoms with Crippen molar-refractivity contribution in [2.45, 2.75) is 13.0 Å². The van der Waals surface area contributed by atoms with Gasteiger partial charge >= 0.3 is 5.97 Å². The standard InChI is InChI=1S/C10H11NO3S/c1-2-14-10(12)8-6-15-9(11-8)7-3-4-13-5-7/h3-5,8H,2,6H2,1H3. The van der Waals surface area contributed by atoms with Gasteiger partial charge in [-0.15, -0.1) is 11.8 Å². The van der Waals surface area contributed by atoms with E-state index in [-0.39, 0.29) is 12.0 Å². The molecule has 5 heteroatoms. The van der Waals surface area contributed by atoms with Crippen molar-refractivity contribution in [1.82, 2.24) is 0 Å². The second kappa shape index (κ2) is 4.53. The first-order valence-corrected chi connectivity index (χ1v) is 5.69. The van der Waals surface area contributed by atoms with E-state index in [1.165, 1.54) is 0 Å². The fraction of sp³-hybridized carbons (Fsp3) is 0.400. The molecule has 0 radical (unpaired) electrons. The fourth-order valence-electron chi connectivity index (χ4n) is 1.28. The van der Waals surface area contributed by atoms with Crippen LogP contribution in [-0.2, 0) is 9.53 Å². The van der Waals surface area contributed by atoms with Gasteiger partial charge < -0.3 is 9.15 Å². The molecule has 0 aliphatic carbocycles. The molecule has 0 aromatic carbocycles. The number of aliphatic imine (C=N–C) groups is 1. The quantitative estimate of drug-likeness (QED) is 0.735. The van der Waals surface area contributed by atoms with Gasteiger partial charge in [-0.1, -0.05) is 0 Å². The number of hydrogen-bond acceptors (Lipinski definition) is 5. The Balaban J connectivity index is 2.06. The number of furan rings is 1. The van der Waals surface area contributed by atoms with Crippen molar-refractivity contribution in [2.24, 2.45) is 4.99 Å². The van der Waals surface area contributed by atoms with E-state index in [2.05, 4.69) is 4.99 Å². The summed E-state index contributed by atoms with van der Waals surface area (Å²) in [5.74, 6) is 0.405. The van der Waals surface area contributed by atoms with E-state index in [1.807, 2.05) is 6.07 Å². The molecule has 1 aliphatic heterocycles. The van der Waals surface area contributed by atoms with Crippen molar-refractivity contribution in [3.63, 3.8) is 0 Å². The number of carbonyl (C=O) groups excluding carboxylic acids is 1. The van der Waals surface area contributed by atoms with Crippen molar-refractivity contribution >= 4 is 22.8 Å². The Bertz CT molecular complexity index is 372. The molecule has 0 bridgehead atoms. The first kappa shape index (κ1) is 10.3. The Hall–Kier alpha value is -1.23. The molecule has 1 atom stereocenters. The smallest absolute Gasteiger partial charge is 0.331 e. The molecule has 0 spiro atoms. The van der Waals surface area contributed by atoms with Crippen LogP contribution in [0.15, 0.2) is 28.0 Å². The molecule has 2 heterocycles. The summed E-state index contributed by atoms with van der Waals surface area (Å²) in [5.41, 5.74) is 0.923. The number of ether oxygens (including phenoxy) is 1. The minimum Gasteiger partial charge on any atom is -0.472 e. The average Bonchev–Trinajstić information content (AvgIpc) is 2.89. The van der Waals surface area contributed by atoms with Crippen LogP contribution in [0.1, 0.15) is 12.5 Å². The molecule has 0 N–H and O–H groups in total. The lowest BCUT2D eigenvalue weighted by molar-refractivity contribution is -0.143. The SMILES string of the molecule is CCOC(=O)C1CSC(c2ccoc2)=N1. The number of esters is 1. The van der Waals surface area contributed by atoms with Crippen molar-refractivity contribution in [2.75, 3.05) is 12.4 Å². The zero-order valence-corrected chi connectivity index (χ0v) is 9.12. The second-order valence-corrected chi connectivity index (χ2v) is 4.03. The number of thioether (sulfide) groups is 1. The van der Waals surface area contributed by atoms with Crippen molar-refractivity contribution < 1.29 is 13.9 Å². The third-order valence-electron chi connectivity index (χ3n) is 1.98. The van der Waals surface area contributed by atoms with Gasteiger partial charge in [0.15, 0.2) is 6.04 Å².